The summed E-state index contributed by atoms with van der Waals surface area (Å²) < 4.78 is 43.8. The number of halogens is 3. The molecule has 0 unspecified atom stereocenters. The predicted octanol–water partition coefficient (Wildman–Crippen LogP) is 5.58. The van der Waals surface area contributed by atoms with Crippen molar-refractivity contribution >= 4 is 16.7 Å². The number of benzene rings is 2. The van der Waals surface area contributed by atoms with Gasteiger partial charge in [-0.05, 0) is 36.1 Å². The number of ether oxygens (including phenoxy) is 1. The number of fused-ring (bicyclic) bond motifs is 1. The topological polar surface area (TPSA) is 51.2 Å². The van der Waals surface area contributed by atoms with Crippen molar-refractivity contribution in [2.75, 3.05) is 7.11 Å². The molecule has 4 nitrogen and oxygen atoms in total. The Labute approximate surface area is 166 Å². The third-order valence-electron chi connectivity index (χ3n) is 4.48. The summed E-state index contributed by atoms with van der Waals surface area (Å²) in [7, 11) is 1.45. The van der Waals surface area contributed by atoms with Crippen LogP contribution in [-0.2, 0) is 6.18 Å². The monoisotopic (exact) mass is 400 g/mol. The fourth-order valence-electron chi connectivity index (χ4n) is 2.84. The molecule has 1 N–H and O–H groups in total. The number of nitrogens with one attached hydrogen (secondary N) is 1. The van der Waals surface area contributed by atoms with Gasteiger partial charge in [-0.25, -0.2) is 4.98 Å². The highest BCUT2D eigenvalue weighted by Crippen LogP contribution is 2.34. The fraction of sp³-hybridized carbons (Fsp3) is 0.182. The highest BCUT2D eigenvalue weighted by atomic mass is 19.4. The van der Waals surface area contributed by atoms with E-state index < -0.39 is 11.7 Å². The molecule has 0 aliphatic heterocycles. The standard InChI is InChI=1S/C22H19F3N2O2/c1-4-13(2)26-21(28)15-7-10-18-16(11-15)12-19(29-3)27-20(18)14-5-8-17(9-6-14)22(23,24)25/h5-12H,2,4H2,1,3H3,(H,26,28). The number of hydrogen-bond donors (Lipinski definition) is 1. The molecule has 7 heteroatoms. The molecule has 0 atom stereocenters. The van der Waals surface area contributed by atoms with Crippen molar-refractivity contribution < 1.29 is 22.7 Å². The summed E-state index contributed by atoms with van der Waals surface area (Å²) >= 11 is 0. The third-order valence-corrected chi connectivity index (χ3v) is 4.48. The maximum absolute atomic E-state index is 12.9. The Kier molecular flexibility index (Phi) is 5.59. The summed E-state index contributed by atoms with van der Waals surface area (Å²) in [5.74, 6) is 0.00790. The van der Waals surface area contributed by atoms with Gasteiger partial charge in [-0.3, -0.25) is 4.79 Å². The maximum atomic E-state index is 12.9. The van der Waals surface area contributed by atoms with Crippen LogP contribution in [0.2, 0.25) is 0 Å². The van der Waals surface area contributed by atoms with Crippen LogP contribution in [0.5, 0.6) is 5.88 Å². The number of nitrogens with zero attached hydrogens (tertiary/aromatic N) is 1. The predicted molar refractivity (Wildman–Crippen MR) is 106 cm³/mol. The number of carbonyl (C=O) groups is 1. The van der Waals surface area contributed by atoms with Crippen LogP contribution in [0.4, 0.5) is 13.2 Å². The molecular formula is C22H19F3N2O2. The number of allylic oxidation sites excluding steroid dienone is 1. The number of pyridine rings is 1. The van der Waals surface area contributed by atoms with Gasteiger partial charge in [0.2, 0.25) is 5.88 Å². The van der Waals surface area contributed by atoms with E-state index in [-0.39, 0.29) is 5.91 Å². The van der Waals surface area contributed by atoms with Gasteiger partial charge in [0.1, 0.15) is 0 Å². The second-order valence-electron chi connectivity index (χ2n) is 6.44. The van der Waals surface area contributed by atoms with Crippen LogP contribution in [0.3, 0.4) is 0 Å². The van der Waals surface area contributed by atoms with Crippen molar-refractivity contribution in [3.05, 3.63) is 71.9 Å². The zero-order valence-electron chi connectivity index (χ0n) is 15.9. The van der Waals surface area contributed by atoms with Gasteiger partial charge in [-0.15, -0.1) is 0 Å². The van der Waals surface area contributed by atoms with Crippen LogP contribution in [0.15, 0.2) is 60.8 Å². The minimum Gasteiger partial charge on any atom is -0.481 e. The number of rotatable bonds is 5. The van der Waals surface area contributed by atoms with Gasteiger partial charge >= 0.3 is 6.18 Å². The molecule has 2 aromatic carbocycles. The summed E-state index contributed by atoms with van der Waals surface area (Å²) in [5.41, 5.74) is 1.28. The lowest BCUT2D eigenvalue weighted by Gasteiger charge is -2.12. The van der Waals surface area contributed by atoms with Crippen molar-refractivity contribution in [2.24, 2.45) is 0 Å². The Balaban J connectivity index is 2.08. The van der Waals surface area contributed by atoms with E-state index in [0.29, 0.717) is 45.6 Å². The molecule has 3 rings (SSSR count). The average Bonchev–Trinajstić information content (AvgIpc) is 2.71. The van der Waals surface area contributed by atoms with Crippen LogP contribution in [-0.4, -0.2) is 18.0 Å². The summed E-state index contributed by atoms with van der Waals surface area (Å²) in [5, 5.41) is 4.09. The van der Waals surface area contributed by atoms with E-state index >= 15 is 0 Å². The van der Waals surface area contributed by atoms with Gasteiger partial charge in [0.25, 0.3) is 5.91 Å². The van der Waals surface area contributed by atoms with Crippen LogP contribution >= 0.6 is 0 Å². The minimum atomic E-state index is -4.41. The van der Waals surface area contributed by atoms with Gasteiger partial charge in [-0.2, -0.15) is 13.2 Å². The molecular weight excluding hydrogens is 381 g/mol. The van der Waals surface area contributed by atoms with E-state index in [1.807, 2.05) is 6.92 Å². The van der Waals surface area contributed by atoms with Crippen molar-refractivity contribution in [1.29, 1.82) is 0 Å². The molecule has 29 heavy (non-hydrogen) atoms. The van der Waals surface area contributed by atoms with Crippen LogP contribution in [0, 0.1) is 0 Å². The number of methoxy groups -OCH3 is 1. The van der Waals surface area contributed by atoms with E-state index in [4.69, 9.17) is 4.74 Å². The van der Waals surface area contributed by atoms with Crippen LogP contribution in [0.25, 0.3) is 22.0 Å². The summed E-state index contributed by atoms with van der Waals surface area (Å²) in [6.07, 6.45) is -3.79. The SMILES string of the molecule is C=C(CC)NC(=O)c1ccc2c(-c3ccc(C(F)(F)F)cc3)nc(OC)cc2c1. The molecule has 0 spiro atoms. The van der Waals surface area contributed by atoms with Gasteiger partial charge in [0.15, 0.2) is 0 Å². The second kappa shape index (κ2) is 7.95. The normalized spacial score (nSPS) is 11.3. The molecule has 1 heterocycles. The van der Waals surface area contributed by atoms with Gasteiger partial charge in [0, 0.05) is 28.3 Å². The Morgan fingerprint density at radius 1 is 1.14 bits per heavy atom. The first-order valence-corrected chi connectivity index (χ1v) is 8.88. The first-order chi connectivity index (χ1) is 13.7. The van der Waals surface area contributed by atoms with E-state index in [1.54, 1.807) is 24.3 Å². The minimum absolute atomic E-state index is 0.286. The summed E-state index contributed by atoms with van der Waals surface area (Å²) in [4.78, 5) is 16.8. The van der Waals surface area contributed by atoms with Gasteiger partial charge in [0.05, 0.1) is 18.4 Å². The fourth-order valence-corrected chi connectivity index (χ4v) is 2.84. The molecule has 150 valence electrons. The Bertz CT molecular complexity index is 1070. The number of aromatic nitrogens is 1. The molecule has 0 saturated heterocycles. The van der Waals surface area contributed by atoms with E-state index in [9.17, 15) is 18.0 Å². The molecule has 1 amide bonds. The number of alkyl halides is 3. The average molecular weight is 400 g/mol. The molecule has 1 aromatic heterocycles. The maximum Gasteiger partial charge on any atom is 0.416 e. The lowest BCUT2D eigenvalue weighted by atomic mass is 10.0. The second-order valence-corrected chi connectivity index (χ2v) is 6.44. The Morgan fingerprint density at radius 3 is 2.41 bits per heavy atom. The largest absolute Gasteiger partial charge is 0.481 e. The molecule has 3 aromatic rings. The zero-order chi connectivity index (χ0) is 21.2. The Hall–Kier alpha value is -3.35. The van der Waals surface area contributed by atoms with Gasteiger partial charge in [-0.1, -0.05) is 31.7 Å². The molecule has 0 bridgehead atoms. The van der Waals surface area contributed by atoms with E-state index in [1.165, 1.54) is 19.2 Å². The summed E-state index contributed by atoms with van der Waals surface area (Å²) in [6, 6.07) is 11.5. The summed E-state index contributed by atoms with van der Waals surface area (Å²) in [6.45, 7) is 5.65. The highest BCUT2D eigenvalue weighted by Gasteiger charge is 2.30. The van der Waals surface area contributed by atoms with Crippen molar-refractivity contribution in [3.8, 4) is 17.1 Å². The number of amides is 1. The molecule has 0 saturated carbocycles. The first-order valence-electron chi connectivity index (χ1n) is 8.88. The quantitative estimate of drug-likeness (QED) is 0.608. The molecule has 0 fully saturated rings. The smallest absolute Gasteiger partial charge is 0.416 e. The van der Waals surface area contributed by atoms with Crippen molar-refractivity contribution in [3.63, 3.8) is 0 Å². The van der Waals surface area contributed by atoms with Crippen molar-refractivity contribution in [1.82, 2.24) is 10.3 Å². The van der Waals surface area contributed by atoms with Gasteiger partial charge < -0.3 is 10.1 Å². The lowest BCUT2D eigenvalue weighted by molar-refractivity contribution is -0.137. The number of hydrogen-bond acceptors (Lipinski definition) is 3. The highest BCUT2D eigenvalue weighted by molar-refractivity contribution is 6.02. The van der Waals surface area contributed by atoms with E-state index in [2.05, 4.69) is 16.9 Å². The third kappa shape index (κ3) is 4.39. The first kappa shape index (κ1) is 20.4. The molecule has 0 radical (unpaired) electrons. The van der Waals surface area contributed by atoms with Crippen LogP contribution < -0.4 is 10.1 Å². The number of carbonyl (C=O) groups excluding carboxylic acids is 1. The Morgan fingerprint density at radius 2 is 1.83 bits per heavy atom. The van der Waals surface area contributed by atoms with Crippen LogP contribution in [0.1, 0.15) is 29.3 Å². The zero-order valence-corrected chi connectivity index (χ0v) is 15.9. The van der Waals surface area contributed by atoms with E-state index in [0.717, 1.165) is 12.1 Å². The molecule has 0 aliphatic rings. The van der Waals surface area contributed by atoms with Crippen molar-refractivity contribution in [2.45, 2.75) is 19.5 Å². The molecule has 0 aliphatic carbocycles. The lowest BCUT2D eigenvalue weighted by Crippen LogP contribution is -2.21.